The molecule has 1 aromatic rings. The van der Waals surface area contributed by atoms with Crippen molar-refractivity contribution in [2.24, 2.45) is 29.0 Å². The molecular formula is C15H22N4O. The lowest BCUT2D eigenvalue weighted by atomic mass is 9.49. The Hall–Kier alpha value is -1.36. The fourth-order valence-corrected chi connectivity index (χ4v) is 5.48. The van der Waals surface area contributed by atoms with E-state index in [1.165, 1.54) is 38.5 Å². The van der Waals surface area contributed by atoms with Gasteiger partial charge < -0.3 is 0 Å². The molecule has 1 aromatic heterocycles. The molecule has 108 valence electrons. The second-order valence-electron chi connectivity index (χ2n) is 7.32. The third-order valence-electron chi connectivity index (χ3n) is 5.69. The predicted octanol–water partition coefficient (Wildman–Crippen LogP) is 1.70. The Kier molecular flexibility index (Phi) is 2.67. The Morgan fingerprint density at radius 3 is 2.45 bits per heavy atom. The van der Waals surface area contributed by atoms with Gasteiger partial charge in [-0.05, 0) is 61.7 Å². The van der Waals surface area contributed by atoms with Crippen LogP contribution in [0.3, 0.4) is 0 Å². The molecule has 5 heteroatoms. The number of nitrogen functional groups attached to an aromatic ring is 1. The quantitative estimate of drug-likeness (QED) is 0.500. The molecule has 1 heterocycles. The summed E-state index contributed by atoms with van der Waals surface area (Å²) in [6, 6.07) is 0. The van der Waals surface area contributed by atoms with Crippen LogP contribution >= 0.6 is 0 Å². The third kappa shape index (κ3) is 1.95. The minimum Gasteiger partial charge on any atom is -0.290 e. The lowest BCUT2D eigenvalue weighted by Crippen LogP contribution is -2.48. The van der Waals surface area contributed by atoms with Crippen LogP contribution in [0.2, 0.25) is 0 Å². The first-order chi connectivity index (χ1) is 9.66. The average molecular weight is 274 g/mol. The maximum Gasteiger partial charge on any atom is 0.268 e. The van der Waals surface area contributed by atoms with Gasteiger partial charge in [0, 0.05) is 12.7 Å². The molecule has 0 saturated heterocycles. The van der Waals surface area contributed by atoms with E-state index < -0.39 is 0 Å². The third-order valence-corrected chi connectivity index (χ3v) is 5.69. The standard InChI is InChI=1S/C15H22N4O/c16-18-14(20)13-7-17-19(8-13)9-15-4-10-1-11(5-15)3-12(2-10)6-15/h7-8,10-12H,1-6,9,16H2,(H,18,20). The van der Waals surface area contributed by atoms with Gasteiger partial charge in [0.25, 0.3) is 5.91 Å². The van der Waals surface area contributed by atoms with E-state index in [1.807, 2.05) is 10.9 Å². The topological polar surface area (TPSA) is 72.9 Å². The van der Waals surface area contributed by atoms with Crippen molar-refractivity contribution >= 4 is 5.91 Å². The lowest BCUT2D eigenvalue weighted by Gasteiger charge is -2.56. The van der Waals surface area contributed by atoms with E-state index in [9.17, 15) is 4.79 Å². The van der Waals surface area contributed by atoms with Gasteiger partial charge in [-0.1, -0.05) is 0 Å². The molecular weight excluding hydrogens is 252 g/mol. The van der Waals surface area contributed by atoms with Crippen molar-refractivity contribution in [2.45, 2.75) is 45.1 Å². The molecule has 5 nitrogen and oxygen atoms in total. The van der Waals surface area contributed by atoms with Crippen molar-refractivity contribution < 1.29 is 4.79 Å². The Morgan fingerprint density at radius 1 is 1.30 bits per heavy atom. The highest BCUT2D eigenvalue weighted by Crippen LogP contribution is 2.60. The van der Waals surface area contributed by atoms with Gasteiger partial charge in [-0.3, -0.25) is 14.9 Å². The molecule has 20 heavy (non-hydrogen) atoms. The molecule has 3 N–H and O–H groups in total. The van der Waals surface area contributed by atoms with Crippen molar-refractivity contribution in [1.29, 1.82) is 0 Å². The van der Waals surface area contributed by atoms with Crippen LogP contribution in [0.1, 0.15) is 48.9 Å². The molecule has 4 bridgehead atoms. The molecule has 0 spiro atoms. The van der Waals surface area contributed by atoms with E-state index in [1.54, 1.807) is 6.20 Å². The second kappa shape index (κ2) is 4.32. The monoisotopic (exact) mass is 274 g/mol. The summed E-state index contributed by atoms with van der Waals surface area (Å²) in [5.74, 6) is 7.75. The van der Waals surface area contributed by atoms with Gasteiger partial charge in [0.05, 0.1) is 11.8 Å². The number of hydrogen-bond donors (Lipinski definition) is 2. The Bertz CT molecular complexity index is 500. The number of hydrogen-bond acceptors (Lipinski definition) is 3. The molecule has 0 atom stereocenters. The van der Waals surface area contributed by atoms with Gasteiger partial charge in [0.1, 0.15) is 0 Å². The molecule has 1 amide bonds. The Labute approximate surface area is 118 Å². The van der Waals surface area contributed by atoms with Crippen LogP contribution in [0, 0.1) is 23.2 Å². The van der Waals surface area contributed by atoms with Crippen molar-refractivity contribution in [3.05, 3.63) is 18.0 Å². The maximum atomic E-state index is 11.5. The molecule has 0 aromatic carbocycles. The molecule has 0 aliphatic heterocycles. The number of nitrogens with two attached hydrogens (primary N) is 1. The molecule has 0 unspecified atom stereocenters. The van der Waals surface area contributed by atoms with E-state index in [4.69, 9.17) is 5.84 Å². The largest absolute Gasteiger partial charge is 0.290 e. The van der Waals surface area contributed by atoms with E-state index in [2.05, 4.69) is 10.5 Å². The zero-order valence-electron chi connectivity index (χ0n) is 11.7. The van der Waals surface area contributed by atoms with Gasteiger partial charge in [0.15, 0.2) is 0 Å². The first-order valence-corrected chi connectivity index (χ1v) is 7.69. The smallest absolute Gasteiger partial charge is 0.268 e. The summed E-state index contributed by atoms with van der Waals surface area (Å²) in [5.41, 5.74) is 3.16. The zero-order valence-corrected chi connectivity index (χ0v) is 11.7. The summed E-state index contributed by atoms with van der Waals surface area (Å²) >= 11 is 0. The highest BCUT2D eigenvalue weighted by atomic mass is 16.2. The van der Waals surface area contributed by atoms with Crippen LogP contribution in [0.5, 0.6) is 0 Å². The first-order valence-electron chi connectivity index (χ1n) is 7.69. The predicted molar refractivity (Wildman–Crippen MR) is 74.5 cm³/mol. The van der Waals surface area contributed by atoms with Crippen molar-refractivity contribution in [1.82, 2.24) is 15.2 Å². The van der Waals surface area contributed by atoms with Crippen molar-refractivity contribution in [2.75, 3.05) is 0 Å². The summed E-state index contributed by atoms with van der Waals surface area (Å²) in [7, 11) is 0. The van der Waals surface area contributed by atoms with Crippen LogP contribution in [-0.2, 0) is 6.54 Å². The van der Waals surface area contributed by atoms with Crippen LogP contribution < -0.4 is 11.3 Å². The normalized spacial score (nSPS) is 38.1. The summed E-state index contributed by atoms with van der Waals surface area (Å²) in [6.07, 6.45) is 11.9. The number of hydrazine groups is 1. The average Bonchev–Trinajstić information content (AvgIpc) is 2.83. The molecule has 4 saturated carbocycles. The van der Waals surface area contributed by atoms with E-state index in [0.717, 1.165) is 24.3 Å². The van der Waals surface area contributed by atoms with Gasteiger partial charge in [-0.2, -0.15) is 5.10 Å². The summed E-state index contributed by atoms with van der Waals surface area (Å²) in [4.78, 5) is 11.5. The number of nitrogens with one attached hydrogen (secondary N) is 1. The van der Waals surface area contributed by atoms with Gasteiger partial charge in [0.2, 0.25) is 0 Å². The fraction of sp³-hybridized carbons (Fsp3) is 0.733. The van der Waals surface area contributed by atoms with Crippen molar-refractivity contribution in [3.8, 4) is 0 Å². The molecule has 4 aliphatic carbocycles. The fourth-order valence-electron chi connectivity index (χ4n) is 5.48. The highest BCUT2D eigenvalue weighted by molar-refractivity contribution is 5.93. The van der Waals surface area contributed by atoms with Crippen LogP contribution in [0.25, 0.3) is 0 Å². The number of amides is 1. The number of carbonyl (C=O) groups excluding carboxylic acids is 1. The Morgan fingerprint density at radius 2 is 1.90 bits per heavy atom. The maximum absolute atomic E-state index is 11.5. The van der Waals surface area contributed by atoms with E-state index >= 15 is 0 Å². The van der Waals surface area contributed by atoms with E-state index in [0.29, 0.717) is 11.0 Å². The zero-order chi connectivity index (χ0) is 13.7. The van der Waals surface area contributed by atoms with Crippen LogP contribution in [0.4, 0.5) is 0 Å². The number of aromatic nitrogens is 2. The van der Waals surface area contributed by atoms with Gasteiger partial charge in [-0.15, -0.1) is 0 Å². The second-order valence-corrected chi connectivity index (χ2v) is 7.32. The first kappa shape index (κ1) is 12.4. The highest BCUT2D eigenvalue weighted by Gasteiger charge is 2.50. The van der Waals surface area contributed by atoms with Gasteiger partial charge in [-0.25, -0.2) is 5.84 Å². The SMILES string of the molecule is NNC(=O)c1cnn(CC23CC4CC(CC(C4)C2)C3)c1. The molecule has 4 fully saturated rings. The summed E-state index contributed by atoms with van der Waals surface area (Å²) in [6.45, 7) is 0.967. The Balaban J connectivity index is 1.54. The van der Waals surface area contributed by atoms with Gasteiger partial charge >= 0.3 is 0 Å². The molecule has 5 rings (SSSR count). The summed E-state index contributed by atoms with van der Waals surface area (Å²) in [5, 5.41) is 4.36. The molecule has 0 radical (unpaired) electrons. The van der Waals surface area contributed by atoms with Crippen LogP contribution in [0.15, 0.2) is 12.4 Å². The minimum atomic E-state index is -0.262. The van der Waals surface area contributed by atoms with Crippen molar-refractivity contribution in [3.63, 3.8) is 0 Å². The minimum absolute atomic E-state index is 0.262. The number of nitrogens with zero attached hydrogens (tertiary/aromatic N) is 2. The van der Waals surface area contributed by atoms with E-state index in [-0.39, 0.29) is 5.91 Å². The summed E-state index contributed by atoms with van der Waals surface area (Å²) < 4.78 is 1.96. The lowest BCUT2D eigenvalue weighted by molar-refractivity contribution is -0.0635. The van der Waals surface area contributed by atoms with Crippen LogP contribution in [-0.4, -0.2) is 15.7 Å². The number of rotatable bonds is 3. The number of carbonyl (C=O) groups is 1. The molecule has 4 aliphatic rings.